The van der Waals surface area contributed by atoms with Gasteiger partial charge in [-0.3, -0.25) is 0 Å². The van der Waals surface area contributed by atoms with Gasteiger partial charge in [0.15, 0.2) is 11.6 Å². The highest BCUT2D eigenvalue weighted by Gasteiger charge is 2.06. The Kier molecular flexibility index (Phi) is 4.50. The number of benzene rings is 1. The molecule has 16 heavy (non-hydrogen) atoms. The number of amidine groups is 1. The summed E-state index contributed by atoms with van der Waals surface area (Å²) in [6.45, 7) is 0.413. The first kappa shape index (κ1) is 12.2. The summed E-state index contributed by atoms with van der Waals surface area (Å²) < 4.78 is 25.9. The molecular formula is C10H13F2N3O. The topological polar surface area (TPSA) is 70.6 Å². The molecule has 0 amide bonds. The van der Waals surface area contributed by atoms with Gasteiger partial charge in [0, 0.05) is 13.0 Å². The number of hydrogen-bond donors (Lipinski definition) is 3. The smallest absolute Gasteiger partial charge is 0.181 e. The third kappa shape index (κ3) is 3.38. The van der Waals surface area contributed by atoms with E-state index in [-0.39, 0.29) is 11.5 Å². The van der Waals surface area contributed by atoms with E-state index in [0.717, 1.165) is 6.07 Å². The predicted octanol–water partition coefficient (Wildman–Crippen LogP) is 1.90. The van der Waals surface area contributed by atoms with Gasteiger partial charge in [0.1, 0.15) is 5.84 Å². The minimum atomic E-state index is -0.897. The SMILES string of the molecule is NC(CCCNc1cccc(F)c1F)=NO. The monoisotopic (exact) mass is 229 g/mol. The lowest BCUT2D eigenvalue weighted by molar-refractivity contribution is 0.316. The van der Waals surface area contributed by atoms with Gasteiger partial charge in [0.2, 0.25) is 0 Å². The van der Waals surface area contributed by atoms with Gasteiger partial charge in [-0.1, -0.05) is 11.2 Å². The average molecular weight is 229 g/mol. The molecule has 0 spiro atoms. The molecule has 0 radical (unpaired) electrons. The maximum absolute atomic E-state index is 13.1. The number of oxime groups is 1. The van der Waals surface area contributed by atoms with Crippen molar-refractivity contribution in [2.24, 2.45) is 10.9 Å². The van der Waals surface area contributed by atoms with Crippen molar-refractivity contribution in [1.82, 2.24) is 0 Å². The average Bonchev–Trinajstić information content (AvgIpc) is 2.29. The van der Waals surface area contributed by atoms with E-state index in [2.05, 4.69) is 10.5 Å². The Bertz CT molecular complexity index is 382. The van der Waals surface area contributed by atoms with Gasteiger partial charge in [0.05, 0.1) is 5.69 Å². The fraction of sp³-hybridized carbons (Fsp3) is 0.300. The molecule has 0 aliphatic carbocycles. The Balaban J connectivity index is 2.41. The number of nitrogens with zero attached hydrogens (tertiary/aromatic N) is 1. The Morgan fingerprint density at radius 2 is 2.19 bits per heavy atom. The molecule has 6 heteroatoms. The molecule has 0 atom stereocenters. The van der Waals surface area contributed by atoms with Crippen molar-refractivity contribution in [3.63, 3.8) is 0 Å². The van der Waals surface area contributed by atoms with Crippen molar-refractivity contribution in [3.05, 3.63) is 29.8 Å². The highest BCUT2D eigenvalue weighted by molar-refractivity contribution is 5.79. The molecule has 0 saturated carbocycles. The zero-order valence-electron chi connectivity index (χ0n) is 8.58. The lowest BCUT2D eigenvalue weighted by Crippen LogP contribution is -2.13. The number of anilines is 1. The maximum Gasteiger partial charge on any atom is 0.181 e. The number of nitrogens with one attached hydrogen (secondary N) is 1. The first-order chi connectivity index (χ1) is 7.65. The van der Waals surface area contributed by atoms with Crippen molar-refractivity contribution < 1.29 is 14.0 Å². The second-order valence-corrected chi connectivity index (χ2v) is 3.22. The normalized spacial score (nSPS) is 11.5. The van der Waals surface area contributed by atoms with E-state index in [1.807, 2.05) is 0 Å². The van der Waals surface area contributed by atoms with Crippen molar-refractivity contribution in [1.29, 1.82) is 0 Å². The van der Waals surface area contributed by atoms with Crippen LogP contribution in [0.2, 0.25) is 0 Å². The van der Waals surface area contributed by atoms with Crippen molar-refractivity contribution in [3.8, 4) is 0 Å². The quantitative estimate of drug-likeness (QED) is 0.237. The van der Waals surface area contributed by atoms with Crippen LogP contribution >= 0.6 is 0 Å². The minimum Gasteiger partial charge on any atom is -0.409 e. The van der Waals surface area contributed by atoms with E-state index in [0.29, 0.717) is 19.4 Å². The summed E-state index contributed by atoms with van der Waals surface area (Å²) in [5.41, 5.74) is 5.36. The third-order valence-corrected chi connectivity index (χ3v) is 2.01. The summed E-state index contributed by atoms with van der Waals surface area (Å²) in [6, 6.07) is 3.92. The van der Waals surface area contributed by atoms with E-state index in [4.69, 9.17) is 10.9 Å². The van der Waals surface area contributed by atoms with E-state index >= 15 is 0 Å². The molecular weight excluding hydrogens is 216 g/mol. The third-order valence-electron chi connectivity index (χ3n) is 2.01. The van der Waals surface area contributed by atoms with Crippen LogP contribution in [0, 0.1) is 11.6 Å². The van der Waals surface area contributed by atoms with Crippen LogP contribution in [0.1, 0.15) is 12.8 Å². The number of rotatable bonds is 5. The van der Waals surface area contributed by atoms with Crippen LogP contribution in [0.25, 0.3) is 0 Å². The van der Waals surface area contributed by atoms with Gasteiger partial charge >= 0.3 is 0 Å². The molecule has 0 aliphatic heterocycles. The molecule has 0 saturated heterocycles. The van der Waals surface area contributed by atoms with Crippen LogP contribution < -0.4 is 11.1 Å². The van der Waals surface area contributed by atoms with Gasteiger partial charge in [-0.25, -0.2) is 8.78 Å². The van der Waals surface area contributed by atoms with E-state index in [1.54, 1.807) is 0 Å². The first-order valence-electron chi connectivity index (χ1n) is 4.79. The van der Waals surface area contributed by atoms with Gasteiger partial charge < -0.3 is 16.3 Å². The van der Waals surface area contributed by atoms with Crippen LogP contribution in [0.4, 0.5) is 14.5 Å². The minimum absolute atomic E-state index is 0.111. The van der Waals surface area contributed by atoms with Gasteiger partial charge in [0.25, 0.3) is 0 Å². The molecule has 4 nitrogen and oxygen atoms in total. The number of hydrogen-bond acceptors (Lipinski definition) is 3. The predicted molar refractivity (Wildman–Crippen MR) is 57.5 cm³/mol. The summed E-state index contributed by atoms with van der Waals surface area (Å²) in [5, 5.41) is 13.8. The Morgan fingerprint density at radius 1 is 1.44 bits per heavy atom. The van der Waals surface area contributed by atoms with Crippen molar-refractivity contribution >= 4 is 11.5 Å². The molecule has 0 bridgehead atoms. The van der Waals surface area contributed by atoms with Gasteiger partial charge in [-0.2, -0.15) is 0 Å². The van der Waals surface area contributed by atoms with Crippen molar-refractivity contribution in [2.45, 2.75) is 12.8 Å². The van der Waals surface area contributed by atoms with Gasteiger partial charge in [-0.15, -0.1) is 0 Å². The van der Waals surface area contributed by atoms with E-state index in [9.17, 15) is 8.78 Å². The Morgan fingerprint density at radius 3 is 2.88 bits per heavy atom. The highest BCUT2D eigenvalue weighted by Crippen LogP contribution is 2.16. The first-order valence-corrected chi connectivity index (χ1v) is 4.79. The second-order valence-electron chi connectivity index (χ2n) is 3.22. The molecule has 0 unspecified atom stereocenters. The standard InChI is InChI=1S/C10H13F2N3O/c11-7-3-1-4-8(10(7)12)14-6-2-5-9(13)15-16/h1,3-4,14,16H,2,5-6H2,(H2,13,15). The number of halogens is 2. The van der Waals surface area contributed by atoms with E-state index < -0.39 is 11.6 Å². The fourth-order valence-corrected chi connectivity index (χ4v) is 1.18. The summed E-state index contributed by atoms with van der Waals surface area (Å²) in [5.74, 6) is -1.67. The summed E-state index contributed by atoms with van der Waals surface area (Å²) in [6.07, 6.45) is 0.951. The molecule has 0 aliphatic rings. The highest BCUT2D eigenvalue weighted by atomic mass is 19.2. The largest absolute Gasteiger partial charge is 0.409 e. The van der Waals surface area contributed by atoms with Crippen molar-refractivity contribution in [2.75, 3.05) is 11.9 Å². The molecule has 88 valence electrons. The fourth-order valence-electron chi connectivity index (χ4n) is 1.18. The molecule has 0 aromatic heterocycles. The van der Waals surface area contributed by atoms with Crippen LogP contribution in [0.15, 0.2) is 23.4 Å². The molecule has 1 rings (SSSR count). The maximum atomic E-state index is 13.1. The Hall–Kier alpha value is -1.85. The summed E-state index contributed by atoms with van der Waals surface area (Å²) >= 11 is 0. The number of nitrogens with two attached hydrogens (primary N) is 1. The lowest BCUT2D eigenvalue weighted by Gasteiger charge is -2.07. The van der Waals surface area contributed by atoms with Crippen LogP contribution in [-0.4, -0.2) is 17.6 Å². The molecule has 4 N–H and O–H groups in total. The van der Waals surface area contributed by atoms with E-state index in [1.165, 1.54) is 12.1 Å². The lowest BCUT2D eigenvalue weighted by atomic mass is 10.2. The molecule has 0 heterocycles. The van der Waals surface area contributed by atoms with Crippen LogP contribution in [-0.2, 0) is 0 Å². The second kappa shape index (κ2) is 5.89. The van der Waals surface area contributed by atoms with Crippen LogP contribution in [0.3, 0.4) is 0 Å². The zero-order valence-corrected chi connectivity index (χ0v) is 8.58. The summed E-state index contributed by atoms with van der Waals surface area (Å²) in [4.78, 5) is 0. The van der Waals surface area contributed by atoms with Gasteiger partial charge in [-0.05, 0) is 18.6 Å². The molecule has 0 fully saturated rings. The molecule has 1 aromatic rings. The Labute approximate surface area is 91.8 Å². The summed E-state index contributed by atoms with van der Waals surface area (Å²) in [7, 11) is 0. The van der Waals surface area contributed by atoms with Crippen LogP contribution in [0.5, 0.6) is 0 Å². The zero-order chi connectivity index (χ0) is 12.0. The molecule has 1 aromatic carbocycles.